The number of piperidine rings is 1. The lowest BCUT2D eigenvalue weighted by atomic mass is 9.72. The van der Waals surface area contributed by atoms with Crippen molar-refractivity contribution in [1.82, 2.24) is 15.1 Å². The lowest BCUT2D eigenvalue weighted by molar-refractivity contribution is -0.186. The van der Waals surface area contributed by atoms with Gasteiger partial charge >= 0.3 is 12.3 Å². The Kier molecular flexibility index (Phi) is 9.99. The maximum absolute atomic E-state index is 14.6. The fourth-order valence-corrected chi connectivity index (χ4v) is 7.73. The molecule has 1 amide bonds. The summed E-state index contributed by atoms with van der Waals surface area (Å²) in [4.78, 5) is 32.1. The summed E-state index contributed by atoms with van der Waals surface area (Å²) in [5, 5.41) is 4.10. The zero-order valence-electron chi connectivity index (χ0n) is 23.9. The van der Waals surface area contributed by atoms with Crippen LogP contribution in [0.3, 0.4) is 0 Å². The number of hydrogen-bond donors (Lipinski definition) is 1. The van der Waals surface area contributed by atoms with E-state index in [4.69, 9.17) is 32.7 Å². The van der Waals surface area contributed by atoms with Crippen molar-refractivity contribution in [3.05, 3.63) is 33.8 Å². The number of likely N-dealkylation sites (N-methyl/N-ethyl adjacent to an activating group) is 1. The van der Waals surface area contributed by atoms with Crippen LogP contribution in [0.1, 0.15) is 62.8 Å². The fraction of sp³-hybridized carbons (Fsp3) is 0.733. The highest BCUT2D eigenvalue weighted by atomic mass is 35.5. The van der Waals surface area contributed by atoms with Gasteiger partial charge in [0.05, 0.1) is 16.0 Å². The summed E-state index contributed by atoms with van der Waals surface area (Å²) in [5.74, 6) is -2.05. The minimum atomic E-state index is -4.24. The van der Waals surface area contributed by atoms with Crippen LogP contribution in [-0.2, 0) is 14.3 Å². The van der Waals surface area contributed by atoms with Crippen LogP contribution in [0.15, 0.2) is 18.2 Å². The van der Waals surface area contributed by atoms with E-state index in [1.807, 2.05) is 6.07 Å². The molecule has 0 aromatic heterocycles. The number of benzene rings is 1. The predicted molar refractivity (Wildman–Crippen MR) is 154 cm³/mol. The van der Waals surface area contributed by atoms with Crippen molar-refractivity contribution in [2.45, 2.75) is 81.1 Å². The molecule has 42 heavy (non-hydrogen) atoms. The Morgan fingerprint density at radius 1 is 1.02 bits per heavy atom. The molecule has 4 aliphatic rings. The SMILES string of the molecule is CN(C(=O)OC1CCC(C(F)(F)F)CC1)[C@]1(C(=O)C2CCN(C3CCOCC3)CC2)CNC[C@H]1c1ccc(Cl)c(Cl)c1. The molecule has 1 N–H and O–H groups in total. The van der Waals surface area contributed by atoms with E-state index in [0.717, 1.165) is 44.7 Å². The Bertz CT molecular complexity index is 1120. The maximum atomic E-state index is 14.6. The van der Waals surface area contributed by atoms with Crippen molar-refractivity contribution in [3.8, 4) is 0 Å². The second kappa shape index (κ2) is 13.2. The minimum Gasteiger partial charge on any atom is -0.446 e. The van der Waals surface area contributed by atoms with Gasteiger partial charge in [-0.15, -0.1) is 0 Å². The number of likely N-dealkylation sites (tertiary alicyclic amines) is 1. The number of halogens is 5. The summed E-state index contributed by atoms with van der Waals surface area (Å²) in [7, 11) is 1.58. The molecule has 0 radical (unpaired) electrons. The molecule has 0 unspecified atom stereocenters. The van der Waals surface area contributed by atoms with Crippen molar-refractivity contribution in [2.75, 3.05) is 46.4 Å². The van der Waals surface area contributed by atoms with Crippen molar-refractivity contribution >= 4 is 35.1 Å². The minimum absolute atomic E-state index is 0.0181. The van der Waals surface area contributed by atoms with Gasteiger partial charge in [0.1, 0.15) is 11.6 Å². The normalized spacial score (nSPS) is 30.3. The van der Waals surface area contributed by atoms with Gasteiger partial charge in [0.15, 0.2) is 5.78 Å². The largest absolute Gasteiger partial charge is 0.446 e. The number of nitrogens with zero attached hydrogens (tertiary/aromatic N) is 2. The van der Waals surface area contributed by atoms with Gasteiger partial charge in [-0.3, -0.25) is 9.69 Å². The summed E-state index contributed by atoms with van der Waals surface area (Å²) >= 11 is 12.6. The van der Waals surface area contributed by atoms with Crippen molar-refractivity contribution in [2.24, 2.45) is 11.8 Å². The zero-order chi connectivity index (χ0) is 30.1. The first-order valence-corrected chi connectivity index (χ1v) is 15.8. The van der Waals surface area contributed by atoms with Crippen LogP contribution in [0.25, 0.3) is 0 Å². The monoisotopic (exact) mass is 633 g/mol. The molecule has 234 valence electrons. The number of carbonyl (C=O) groups is 2. The van der Waals surface area contributed by atoms with Crippen molar-refractivity contribution in [3.63, 3.8) is 0 Å². The van der Waals surface area contributed by atoms with Crippen molar-refractivity contribution in [1.29, 1.82) is 0 Å². The molecule has 0 spiro atoms. The molecule has 12 heteroatoms. The highest BCUT2D eigenvalue weighted by molar-refractivity contribution is 6.42. The van der Waals surface area contributed by atoms with Crippen LogP contribution in [0.4, 0.5) is 18.0 Å². The predicted octanol–water partition coefficient (Wildman–Crippen LogP) is 6.07. The van der Waals surface area contributed by atoms with Gasteiger partial charge in [-0.2, -0.15) is 13.2 Å². The fourth-order valence-electron chi connectivity index (χ4n) is 7.42. The number of ether oxygens (including phenoxy) is 2. The molecule has 1 aromatic rings. The van der Waals surface area contributed by atoms with Crippen LogP contribution in [0.2, 0.25) is 10.0 Å². The molecule has 3 saturated heterocycles. The Morgan fingerprint density at radius 3 is 2.31 bits per heavy atom. The lowest BCUT2D eigenvalue weighted by Gasteiger charge is -2.45. The molecule has 1 aliphatic carbocycles. The standard InChI is InChI=1S/C30H40Cl2F3N3O4/c1-37(28(40)42-23-5-3-21(4-6-23)30(33,34)35)29(18-36-17-24(29)20-2-7-25(31)26(32)16-20)27(39)19-8-12-38(13-9-19)22-10-14-41-15-11-22/h2,7,16,19,21-24,36H,3-6,8-15,17-18H2,1H3/t21?,23?,24-,29+/m0/s1. The van der Waals surface area contributed by atoms with Gasteiger partial charge in [-0.05, 0) is 82.2 Å². The maximum Gasteiger partial charge on any atom is 0.410 e. The molecule has 5 rings (SSSR count). The number of nitrogens with one attached hydrogen (secondary N) is 1. The van der Waals surface area contributed by atoms with Gasteiger partial charge < -0.3 is 19.7 Å². The molecule has 2 atom stereocenters. The number of hydrogen-bond acceptors (Lipinski definition) is 6. The molecular formula is C30H40Cl2F3N3O4. The van der Waals surface area contributed by atoms with Gasteiger partial charge in [0.25, 0.3) is 0 Å². The summed E-state index contributed by atoms with van der Waals surface area (Å²) in [5.41, 5.74) is -0.462. The summed E-state index contributed by atoms with van der Waals surface area (Å²) in [6.45, 7) is 3.81. The van der Waals surface area contributed by atoms with Crippen LogP contribution in [0.5, 0.6) is 0 Å². The molecule has 1 aromatic carbocycles. The summed E-state index contributed by atoms with van der Waals surface area (Å²) in [6.07, 6.45) is -2.05. The third-order valence-electron chi connectivity index (χ3n) is 9.98. The van der Waals surface area contributed by atoms with E-state index in [2.05, 4.69) is 10.2 Å². The Morgan fingerprint density at radius 2 is 1.69 bits per heavy atom. The molecule has 3 heterocycles. The van der Waals surface area contributed by atoms with Gasteiger partial charge in [0.2, 0.25) is 0 Å². The number of alkyl halides is 3. The second-order valence-corrected chi connectivity index (χ2v) is 13.1. The molecule has 4 fully saturated rings. The highest BCUT2D eigenvalue weighted by Crippen LogP contribution is 2.43. The third kappa shape index (κ3) is 6.58. The van der Waals surface area contributed by atoms with E-state index < -0.39 is 35.7 Å². The molecule has 3 aliphatic heterocycles. The topological polar surface area (TPSA) is 71.1 Å². The van der Waals surface area contributed by atoms with Gasteiger partial charge in [-0.1, -0.05) is 29.3 Å². The summed E-state index contributed by atoms with van der Waals surface area (Å²) < 4.78 is 50.8. The van der Waals surface area contributed by atoms with Gasteiger partial charge in [-0.25, -0.2) is 4.79 Å². The smallest absolute Gasteiger partial charge is 0.410 e. The molecule has 7 nitrogen and oxygen atoms in total. The molecular weight excluding hydrogens is 594 g/mol. The van der Waals surface area contributed by atoms with E-state index in [1.165, 1.54) is 4.90 Å². The van der Waals surface area contributed by atoms with Crippen molar-refractivity contribution < 1.29 is 32.2 Å². The second-order valence-electron chi connectivity index (χ2n) is 12.3. The lowest BCUT2D eigenvalue weighted by Crippen LogP contribution is -2.62. The van der Waals surface area contributed by atoms with E-state index in [1.54, 1.807) is 19.2 Å². The first-order chi connectivity index (χ1) is 20.0. The number of amides is 1. The summed E-state index contributed by atoms with van der Waals surface area (Å²) in [6, 6.07) is 5.73. The number of ketones is 1. The van der Waals surface area contributed by atoms with E-state index >= 15 is 0 Å². The Labute approximate surface area is 255 Å². The van der Waals surface area contributed by atoms with E-state index in [9.17, 15) is 22.8 Å². The van der Waals surface area contributed by atoms with Crippen LogP contribution in [-0.4, -0.2) is 92.0 Å². The molecule has 0 bridgehead atoms. The average molecular weight is 635 g/mol. The van der Waals surface area contributed by atoms with Crippen LogP contribution >= 0.6 is 23.2 Å². The van der Waals surface area contributed by atoms with Crippen LogP contribution < -0.4 is 5.32 Å². The quantitative estimate of drug-likeness (QED) is 0.410. The Balaban J connectivity index is 1.36. The molecule has 1 saturated carbocycles. The number of rotatable bonds is 6. The first-order valence-electron chi connectivity index (χ1n) is 15.0. The first kappa shape index (κ1) is 31.8. The number of Topliss-reactive ketones (excluding diaryl/α,β-unsaturated/α-hetero) is 1. The third-order valence-corrected chi connectivity index (χ3v) is 10.7. The zero-order valence-corrected chi connectivity index (χ0v) is 25.4. The van der Waals surface area contributed by atoms with E-state index in [-0.39, 0.29) is 43.9 Å². The highest BCUT2D eigenvalue weighted by Gasteiger charge is 2.56. The number of carbonyl (C=O) groups excluding carboxylic acids is 2. The van der Waals surface area contributed by atoms with Gasteiger partial charge in [0, 0.05) is 51.2 Å². The van der Waals surface area contributed by atoms with E-state index in [0.29, 0.717) is 35.5 Å². The average Bonchev–Trinajstić information content (AvgIpc) is 3.44. The van der Waals surface area contributed by atoms with Crippen LogP contribution in [0, 0.1) is 11.8 Å². The Hall–Kier alpha value is -1.59.